The number of fused-ring (bicyclic) bond motifs is 1. The van der Waals surface area contributed by atoms with Crippen LogP contribution in [0, 0.1) is 0 Å². The summed E-state index contributed by atoms with van der Waals surface area (Å²) in [6.45, 7) is 21.7. The van der Waals surface area contributed by atoms with E-state index in [9.17, 15) is 28.8 Å². The molecular formula is C50H61ClN10O9SSi. The highest BCUT2D eigenvalue weighted by Gasteiger charge is 2.37. The van der Waals surface area contributed by atoms with E-state index in [0.717, 1.165) is 10.3 Å². The van der Waals surface area contributed by atoms with Gasteiger partial charge < -0.3 is 35.2 Å². The van der Waals surface area contributed by atoms with Crippen molar-refractivity contribution in [2.24, 2.45) is 0 Å². The number of thioether (sulfide) groups is 1. The Bertz CT molecular complexity index is 2900. The number of benzene rings is 3. The topological polar surface area (TPSA) is 230 Å². The molecule has 19 nitrogen and oxygen atoms in total. The van der Waals surface area contributed by atoms with Crippen LogP contribution in [0.4, 0.5) is 26.7 Å². The number of tetrazole rings is 1. The Morgan fingerprint density at radius 1 is 0.833 bits per heavy atom. The molecule has 0 unspecified atom stereocenters. The van der Waals surface area contributed by atoms with Crippen LogP contribution in [0.3, 0.4) is 0 Å². The summed E-state index contributed by atoms with van der Waals surface area (Å²) in [7, 11) is -2.08. The SMILES string of the molecule is CC(C)(C)OC(=O)c1cc2cc(NC(=O)[C@H](Cc3ccc(NC(=O)N(CCO[Si](C)(C)C(C)(C)C)C4=CCSC=C4)cc3)NC(=O)C(=O)Nc3cc(Cl)ccc3-n3cnnn3)ccc2n1C(=O)OC(C)(C)C. The molecule has 3 aromatic carbocycles. The van der Waals surface area contributed by atoms with Gasteiger partial charge in [0.15, 0.2) is 8.32 Å². The van der Waals surface area contributed by atoms with E-state index in [1.807, 2.05) is 17.6 Å². The zero-order chi connectivity index (χ0) is 52.8. The fraction of sp³-hybridized carbons (Fsp3) is 0.380. The monoisotopic (exact) mass is 1040 g/mol. The van der Waals surface area contributed by atoms with E-state index in [-0.39, 0.29) is 39.6 Å². The molecule has 5 amide bonds. The van der Waals surface area contributed by atoms with Gasteiger partial charge in [0.25, 0.3) is 0 Å². The van der Waals surface area contributed by atoms with Crippen molar-refractivity contribution < 1.29 is 42.7 Å². The Labute approximate surface area is 428 Å². The number of rotatable bonds is 14. The summed E-state index contributed by atoms with van der Waals surface area (Å²) in [6.07, 6.45) is 4.25. The third-order valence-corrected chi connectivity index (χ3v) is 16.9. The normalized spacial score (nSPS) is 13.4. The maximum atomic E-state index is 14.3. The quantitative estimate of drug-likeness (QED) is 0.0462. The highest BCUT2D eigenvalue weighted by atomic mass is 35.5. The first kappa shape index (κ1) is 54.5. The van der Waals surface area contributed by atoms with Crippen molar-refractivity contribution in [3.63, 3.8) is 0 Å². The van der Waals surface area contributed by atoms with Crippen molar-refractivity contribution in [1.82, 2.24) is 35.0 Å². The molecule has 382 valence electrons. The van der Waals surface area contributed by atoms with Crippen molar-refractivity contribution in [2.75, 3.05) is 34.9 Å². The predicted octanol–water partition coefficient (Wildman–Crippen LogP) is 9.31. The zero-order valence-corrected chi connectivity index (χ0v) is 44.8. The number of halogens is 1. The Morgan fingerprint density at radius 2 is 1.53 bits per heavy atom. The van der Waals surface area contributed by atoms with Crippen molar-refractivity contribution in [2.45, 2.75) is 104 Å². The maximum Gasteiger partial charge on any atom is 0.419 e. The molecule has 5 aromatic rings. The molecule has 0 saturated carbocycles. The number of carbonyl (C=O) groups is 6. The van der Waals surface area contributed by atoms with E-state index in [1.165, 1.54) is 35.3 Å². The molecule has 1 atom stereocenters. The standard InChI is InChI=1S/C50H61ClN10O9SSi/c1-48(2,3)69-45(65)41-28-32-27-35(17-19-39(32)61(41)47(67)70-49(4,5)6)53-42(62)38(56-44(64)43(63)55-37-29-33(51)14-18-40(37)60-30-52-57-58-60)26-31-12-15-34(16-13-31)54-46(66)59(36-20-24-71-25-21-36)22-23-68-72(10,11)50(7,8)9/h12-21,24,27-30,38H,22-23,25-26H2,1-11H3,(H,53,62)(H,54,66)(H,55,63)(H,56,64)/t38-/m0/s1. The first-order valence-corrected chi connectivity index (χ1v) is 27.4. The number of nitrogens with zero attached hydrogens (tertiary/aromatic N) is 6. The zero-order valence-electron chi connectivity index (χ0n) is 42.2. The number of hydrogen-bond donors (Lipinski definition) is 4. The third-order valence-electron chi connectivity index (χ3n) is 11.4. The molecule has 72 heavy (non-hydrogen) atoms. The Morgan fingerprint density at radius 3 is 2.15 bits per heavy atom. The summed E-state index contributed by atoms with van der Waals surface area (Å²) in [5.74, 6) is -3.05. The number of aromatic nitrogens is 5. The molecule has 2 aromatic heterocycles. The highest BCUT2D eigenvalue weighted by molar-refractivity contribution is 8.02. The molecule has 4 N–H and O–H groups in total. The number of ether oxygens (including phenoxy) is 2. The first-order chi connectivity index (χ1) is 33.7. The minimum atomic E-state index is -2.08. The first-order valence-electron chi connectivity index (χ1n) is 23.1. The molecule has 1 aliphatic heterocycles. The van der Waals surface area contributed by atoms with Crippen LogP contribution in [0.15, 0.2) is 96.3 Å². The van der Waals surface area contributed by atoms with Gasteiger partial charge in [0.1, 0.15) is 29.3 Å². The van der Waals surface area contributed by atoms with Crippen LogP contribution in [0.2, 0.25) is 23.2 Å². The lowest BCUT2D eigenvalue weighted by molar-refractivity contribution is -0.137. The molecule has 0 fully saturated rings. The van der Waals surface area contributed by atoms with Crippen LogP contribution in [-0.2, 0) is 34.7 Å². The van der Waals surface area contributed by atoms with E-state index in [1.54, 1.807) is 101 Å². The smallest absolute Gasteiger partial charge is 0.419 e. The fourth-order valence-electron chi connectivity index (χ4n) is 6.88. The average molecular weight is 1040 g/mol. The van der Waals surface area contributed by atoms with Gasteiger partial charge >= 0.3 is 29.9 Å². The average Bonchev–Trinajstić information content (AvgIpc) is 3.96. The second kappa shape index (κ2) is 22.3. The Balaban J connectivity index is 1.26. The summed E-state index contributed by atoms with van der Waals surface area (Å²) < 4.78 is 20.1. The fourth-order valence-corrected chi connectivity index (χ4v) is 8.70. The van der Waals surface area contributed by atoms with Crippen LogP contribution >= 0.6 is 23.4 Å². The number of amides is 5. The van der Waals surface area contributed by atoms with Crippen molar-refractivity contribution in [1.29, 1.82) is 0 Å². The second-order valence-corrected chi connectivity index (χ2v) is 26.5. The number of esters is 1. The van der Waals surface area contributed by atoms with Gasteiger partial charge in [0.05, 0.1) is 23.5 Å². The maximum absolute atomic E-state index is 14.3. The van der Waals surface area contributed by atoms with Crippen LogP contribution in [0.1, 0.15) is 78.4 Å². The molecule has 0 spiro atoms. The van der Waals surface area contributed by atoms with Crippen LogP contribution in [0.25, 0.3) is 16.6 Å². The molecule has 0 aliphatic carbocycles. The van der Waals surface area contributed by atoms with Gasteiger partial charge in [-0.05, 0) is 142 Å². The second-order valence-electron chi connectivity index (χ2n) is 20.4. The van der Waals surface area contributed by atoms with Crippen molar-refractivity contribution in [3.05, 3.63) is 113 Å². The lowest BCUT2D eigenvalue weighted by Crippen LogP contribution is -2.49. The number of anilines is 3. The van der Waals surface area contributed by atoms with Gasteiger partial charge in [-0.2, -0.15) is 4.68 Å². The van der Waals surface area contributed by atoms with Gasteiger partial charge in [0.2, 0.25) is 5.91 Å². The van der Waals surface area contributed by atoms with Crippen molar-refractivity contribution >= 4 is 95.5 Å². The van der Waals surface area contributed by atoms with Gasteiger partial charge in [-0.15, -0.1) is 16.9 Å². The van der Waals surface area contributed by atoms with Gasteiger partial charge in [-0.1, -0.05) is 50.6 Å². The van der Waals surface area contributed by atoms with Crippen LogP contribution < -0.4 is 21.3 Å². The number of urea groups is 1. The minimum absolute atomic E-state index is 0.00309. The molecule has 0 radical (unpaired) electrons. The summed E-state index contributed by atoms with van der Waals surface area (Å²) in [6, 6.07) is 15.6. The number of nitrogens with one attached hydrogen (secondary N) is 4. The summed E-state index contributed by atoms with van der Waals surface area (Å²) in [4.78, 5) is 84.1. The molecule has 1 aliphatic rings. The van der Waals surface area contributed by atoms with Gasteiger partial charge in [-0.3, -0.25) is 19.3 Å². The number of hydrogen-bond acceptors (Lipinski definition) is 13. The minimum Gasteiger partial charge on any atom is -0.455 e. The highest BCUT2D eigenvalue weighted by Crippen LogP contribution is 2.36. The Hall–Kier alpha value is -6.81. The van der Waals surface area contributed by atoms with E-state index >= 15 is 0 Å². The predicted molar refractivity (Wildman–Crippen MR) is 281 cm³/mol. The lowest BCUT2D eigenvalue weighted by atomic mass is 10.0. The van der Waals surface area contributed by atoms with E-state index in [2.05, 4.69) is 70.7 Å². The van der Waals surface area contributed by atoms with Gasteiger partial charge in [-0.25, -0.2) is 19.0 Å². The largest absolute Gasteiger partial charge is 0.455 e. The van der Waals surface area contributed by atoms with Gasteiger partial charge in [0, 0.05) is 46.2 Å². The summed E-state index contributed by atoms with van der Waals surface area (Å²) in [5.41, 5.74) is 0.863. The van der Waals surface area contributed by atoms with Crippen LogP contribution in [0.5, 0.6) is 0 Å². The van der Waals surface area contributed by atoms with Crippen LogP contribution in [-0.4, -0.2) is 110 Å². The molecule has 0 saturated heterocycles. The summed E-state index contributed by atoms with van der Waals surface area (Å²) >= 11 is 7.88. The number of carbonyl (C=O) groups excluding carboxylic acids is 6. The van der Waals surface area contributed by atoms with E-state index in [4.69, 9.17) is 25.5 Å². The third kappa shape index (κ3) is 14.4. The molecule has 3 heterocycles. The molecule has 6 rings (SSSR count). The molecule has 0 bridgehead atoms. The molecule has 22 heteroatoms. The summed E-state index contributed by atoms with van der Waals surface area (Å²) in [5, 5.41) is 24.6. The lowest BCUT2D eigenvalue weighted by Gasteiger charge is -2.37. The Kier molecular flexibility index (Phi) is 16.9. The molecular weight excluding hydrogens is 980 g/mol. The van der Waals surface area contributed by atoms with Crippen molar-refractivity contribution in [3.8, 4) is 5.69 Å². The van der Waals surface area contributed by atoms with E-state index < -0.39 is 55.3 Å². The number of allylic oxidation sites excluding steroid dienone is 1. The van der Waals surface area contributed by atoms with E-state index in [0.29, 0.717) is 46.7 Å².